The van der Waals surface area contributed by atoms with Crippen molar-refractivity contribution < 1.29 is 17.9 Å². The number of fused-ring (bicyclic) bond motifs is 2. The van der Waals surface area contributed by atoms with Crippen LogP contribution in [0.2, 0.25) is 10.0 Å². The van der Waals surface area contributed by atoms with Crippen LogP contribution in [0.1, 0.15) is 5.56 Å². The highest BCUT2D eigenvalue weighted by Crippen LogP contribution is 2.35. The Balaban J connectivity index is 1.13. The van der Waals surface area contributed by atoms with Gasteiger partial charge in [0.2, 0.25) is 0 Å². The maximum atomic E-state index is 13.2. The van der Waals surface area contributed by atoms with E-state index in [9.17, 15) is 13.2 Å². The number of benzene rings is 3. The highest BCUT2D eigenvalue weighted by atomic mass is 35.5. The molecule has 0 unspecified atom stereocenters. The Morgan fingerprint density at radius 1 is 1.03 bits per heavy atom. The number of halogens is 2. The highest BCUT2D eigenvalue weighted by molar-refractivity contribution is 7.92. The summed E-state index contributed by atoms with van der Waals surface area (Å²) in [5.41, 5.74) is 3.33. The van der Waals surface area contributed by atoms with Gasteiger partial charge in [0.15, 0.2) is 6.61 Å². The van der Waals surface area contributed by atoms with Crippen LogP contribution in [0.5, 0.6) is 5.75 Å². The number of aromatic nitrogens is 1. The lowest BCUT2D eigenvalue weighted by atomic mass is 10.2. The number of sulfonamides is 1. The van der Waals surface area contributed by atoms with Gasteiger partial charge in [-0.25, -0.2) is 8.42 Å². The minimum atomic E-state index is -3.78. The summed E-state index contributed by atoms with van der Waals surface area (Å²) >= 11 is 12.3. The average molecular weight is 571 g/mol. The molecule has 1 aliphatic heterocycles. The second kappa shape index (κ2) is 11.1. The van der Waals surface area contributed by atoms with Crippen molar-refractivity contribution in [3.8, 4) is 5.75 Å². The van der Waals surface area contributed by atoms with Gasteiger partial charge in [-0.1, -0.05) is 41.4 Å². The Hall–Kier alpha value is -3.53. The normalized spacial score (nSPS) is 12.8. The van der Waals surface area contributed by atoms with Gasteiger partial charge in [0, 0.05) is 41.9 Å². The predicted octanol–water partition coefficient (Wildman–Crippen LogP) is 4.90. The minimum Gasteiger partial charge on any atom is -0.482 e. The van der Waals surface area contributed by atoms with Gasteiger partial charge in [0.05, 0.1) is 21.1 Å². The number of pyridine rings is 1. The quantitative estimate of drug-likeness (QED) is 0.277. The number of hydrogen-bond acceptors (Lipinski definition) is 6. The minimum absolute atomic E-state index is 0.0630. The standard InChI is InChI=1S/C27H24Cl2N4O4S/c28-19-5-7-21-23(9-11-30-24(21)15-19)31-12-13-32-27(34)17-37-26-8-6-20(16-22(26)29)38(35,36)33-14-10-18-3-1-2-4-25(18)33/h1-9,11,15-16H,10,12-14,17H2,(H,30,31)(H,32,34). The van der Waals surface area contributed by atoms with Gasteiger partial charge in [-0.2, -0.15) is 0 Å². The van der Waals surface area contributed by atoms with Crippen LogP contribution >= 0.6 is 23.2 Å². The molecule has 2 N–H and O–H groups in total. The first-order chi connectivity index (χ1) is 18.3. The zero-order chi connectivity index (χ0) is 26.7. The predicted molar refractivity (Wildman–Crippen MR) is 150 cm³/mol. The third kappa shape index (κ3) is 5.50. The van der Waals surface area contributed by atoms with Crippen molar-refractivity contribution >= 4 is 61.4 Å². The molecule has 0 radical (unpaired) electrons. The van der Waals surface area contributed by atoms with Crippen molar-refractivity contribution in [1.29, 1.82) is 0 Å². The van der Waals surface area contributed by atoms with Gasteiger partial charge in [0.25, 0.3) is 15.9 Å². The topological polar surface area (TPSA) is 101 Å². The Bertz CT molecular complexity index is 1610. The fourth-order valence-corrected chi connectivity index (χ4v) is 6.31. The molecule has 11 heteroatoms. The van der Waals surface area contributed by atoms with Crippen molar-refractivity contribution in [3.63, 3.8) is 0 Å². The van der Waals surface area contributed by atoms with Crippen molar-refractivity contribution in [2.45, 2.75) is 11.3 Å². The molecule has 0 atom stereocenters. The van der Waals surface area contributed by atoms with Crippen LogP contribution in [0, 0.1) is 0 Å². The number of ether oxygens (including phenoxy) is 1. The maximum Gasteiger partial charge on any atom is 0.264 e. The molecule has 0 spiro atoms. The third-order valence-corrected chi connectivity index (χ3v) is 8.50. The summed E-state index contributed by atoms with van der Waals surface area (Å²) in [4.78, 5) is 16.6. The fourth-order valence-electron chi connectivity index (χ4n) is 4.31. The Labute approximate surface area is 230 Å². The number of anilines is 2. The number of hydrogen-bond donors (Lipinski definition) is 2. The van der Waals surface area contributed by atoms with Crippen LogP contribution in [0.4, 0.5) is 11.4 Å². The van der Waals surface area contributed by atoms with E-state index in [2.05, 4.69) is 15.6 Å². The summed E-state index contributed by atoms with van der Waals surface area (Å²) in [6.07, 6.45) is 2.35. The molecule has 5 rings (SSSR count). The van der Waals surface area contributed by atoms with Crippen LogP contribution in [-0.2, 0) is 21.2 Å². The average Bonchev–Trinajstić information content (AvgIpc) is 3.35. The number of carbonyl (C=O) groups is 1. The second-order valence-electron chi connectivity index (χ2n) is 8.63. The summed E-state index contributed by atoms with van der Waals surface area (Å²) in [5, 5.41) is 7.70. The molecule has 3 aromatic carbocycles. The van der Waals surface area contributed by atoms with Crippen molar-refractivity contribution in [2.75, 3.05) is 35.9 Å². The van der Waals surface area contributed by atoms with Gasteiger partial charge in [-0.3, -0.25) is 14.1 Å². The van der Waals surface area contributed by atoms with E-state index in [0.717, 1.165) is 22.2 Å². The number of amides is 1. The summed E-state index contributed by atoms with van der Waals surface area (Å²) < 4.78 is 33.3. The molecule has 8 nitrogen and oxygen atoms in total. The summed E-state index contributed by atoms with van der Waals surface area (Å²) in [6.45, 7) is 0.961. The van der Waals surface area contributed by atoms with Crippen LogP contribution in [0.15, 0.2) is 77.8 Å². The van der Waals surface area contributed by atoms with E-state index < -0.39 is 10.0 Å². The Morgan fingerprint density at radius 2 is 1.87 bits per heavy atom. The first-order valence-corrected chi connectivity index (χ1v) is 14.1. The summed E-state index contributed by atoms with van der Waals surface area (Å²) in [7, 11) is -3.78. The second-order valence-corrected chi connectivity index (χ2v) is 11.3. The van der Waals surface area contributed by atoms with E-state index in [1.807, 2.05) is 30.3 Å². The number of para-hydroxylation sites is 1. The maximum absolute atomic E-state index is 13.2. The lowest BCUT2D eigenvalue weighted by Gasteiger charge is -2.20. The van der Waals surface area contributed by atoms with Gasteiger partial charge >= 0.3 is 0 Å². The molecule has 0 saturated carbocycles. The molecule has 38 heavy (non-hydrogen) atoms. The SMILES string of the molecule is O=C(COc1ccc(S(=O)(=O)N2CCc3ccccc32)cc1Cl)NCCNc1ccnc2cc(Cl)ccc12. The summed E-state index contributed by atoms with van der Waals surface area (Å²) in [5.74, 6) is -0.109. The van der Waals surface area contributed by atoms with Gasteiger partial charge < -0.3 is 15.4 Å². The molecule has 4 aromatic rings. The zero-order valence-electron chi connectivity index (χ0n) is 20.2. The smallest absolute Gasteiger partial charge is 0.264 e. The highest BCUT2D eigenvalue weighted by Gasteiger charge is 2.31. The van der Waals surface area contributed by atoms with Crippen molar-refractivity contribution in [2.24, 2.45) is 0 Å². The molecule has 0 aliphatic carbocycles. The molecule has 196 valence electrons. The molecule has 1 aliphatic rings. The molecule has 1 aromatic heterocycles. The van der Waals surface area contributed by atoms with Crippen molar-refractivity contribution in [3.05, 3.63) is 88.5 Å². The largest absolute Gasteiger partial charge is 0.482 e. The molecular formula is C27H24Cl2N4O4S. The number of nitrogens with zero attached hydrogens (tertiary/aromatic N) is 2. The zero-order valence-corrected chi connectivity index (χ0v) is 22.5. The van der Waals surface area contributed by atoms with Crippen LogP contribution in [0.3, 0.4) is 0 Å². The first kappa shape index (κ1) is 26.1. The monoisotopic (exact) mass is 570 g/mol. The molecule has 1 amide bonds. The summed E-state index contributed by atoms with van der Waals surface area (Å²) in [6, 6.07) is 19.0. The van der Waals surface area contributed by atoms with E-state index in [4.69, 9.17) is 27.9 Å². The van der Waals surface area contributed by atoms with Gasteiger partial charge in [0.1, 0.15) is 5.75 Å². The van der Waals surface area contributed by atoms with E-state index in [-0.39, 0.29) is 28.2 Å². The fraction of sp³-hybridized carbons (Fsp3) is 0.185. The van der Waals surface area contributed by atoms with Crippen LogP contribution < -0.4 is 19.7 Å². The number of carbonyl (C=O) groups excluding carboxylic acids is 1. The molecule has 0 fully saturated rings. The molecular weight excluding hydrogens is 547 g/mol. The van der Waals surface area contributed by atoms with E-state index in [1.54, 1.807) is 24.4 Å². The third-order valence-electron chi connectivity index (χ3n) is 6.16. The number of rotatable bonds is 9. The molecule has 0 bridgehead atoms. The Morgan fingerprint density at radius 3 is 2.71 bits per heavy atom. The van der Waals surface area contributed by atoms with Gasteiger partial charge in [-0.15, -0.1) is 0 Å². The Kier molecular flexibility index (Phi) is 7.60. The van der Waals surface area contributed by atoms with Crippen LogP contribution in [0.25, 0.3) is 10.9 Å². The van der Waals surface area contributed by atoms with Gasteiger partial charge in [-0.05, 0) is 60.5 Å². The molecule has 0 saturated heterocycles. The number of nitrogens with one attached hydrogen (secondary N) is 2. The lowest BCUT2D eigenvalue weighted by molar-refractivity contribution is -0.123. The molecule has 2 heterocycles. The first-order valence-electron chi connectivity index (χ1n) is 11.9. The van der Waals surface area contributed by atoms with E-state index >= 15 is 0 Å². The van der Waals surface area contributed by atoms with Crippen LogP contribution in [-0.4, -0.2) is 45.6 Å². The van der Waals surface area contributed by atoms with Crippen molar-refractivity contribution in [1.82, 2.24) is 10.3 Å². The lowest BCUT2D eigenvalue weighted by Crippen LogP contribution is -2.32. The van der Waals surface area contributed by atoms with E-state index in [1.165, 1.54) is 22.5 Å². The van der Waals surface area contributed by atoms with E-state index in [0.29, 0.717) is 36.8 Å².